The summed E-state index contributed by atoms with van der Waals surface area (Å²) in [6.45, 7) is 0. The maximum Gasteiger partial charge on any atom is 0.266 e. The first kappa shape index (κ1) is 6.31. The lowest BCUT2D eigenvalue weighted by Gasteiger charge is -2.20. The minimum atomic E-state index is -1.31. The van der Waals surface area contributed by atoms with Crippen LogP contribution >= 0.6 is 11.6 Å². The zero-order chi connectivity index (χ0) is 6.91. The molecule has 9 heavy (non-hydrogen) atoms. The number of alkyl halides is 1. The summed E-state index contributed by atoms with van der Waals surface area (Å²) in [6, 6.07) is 0. The third kappa shape index (κ3) is 1.55. The summed E-state index contributed by atoms with van der Waals surface area (Å²) < 4.78 is 0. The zero-order valence-corrected chi connectivity index (χ0v) is 5.26. The normalized spacial score (nSPS) is 33.3. The minimum absolute atomic E-state index is 0.169. The molecule has 1 atom stereocenters. The van der Waals surface area contributed by atoms with Crippen molar-refractivity contribution >= 4 is 23.9 Å². The second-order valence-electron chi connectivity index (χ2n) is 1.56. The van der Waals surface area contributed by atoms with Gasteiger partial charge < -0.3 is 11.1 Å². The number of hydrogen-bond donors (Lipinski definition) is 3. The summed E-state index contributed by atoms with van der Waals surface area (Å²) >= 11 is 5.47. The molecule has 0 radical (unpaired) electrons. The maximum atomic E-state index is 5.47. The molecule has 1 unspecified atom stereocenters. The molecular weight excluding hydrogens is 142 g/mol. The fraction of sp³-hybridized carbons (Fsp3) is 0.333. The minimum Gasteiger partial charge on any atom is -0.370 e. The highest BCUT2D eigenvalue weighted by Gasteiger charge is 2.21. The van der Waals surface area contributed by atoms with E-state index < -0.39 is 5.25 Å². The molecule has 1 rings (SSSR count). The van der Waals surface area contributed by atoms with E-state index in [9.17, 15) is 0 Å². The fourth-order valence-electron chi connectivity index (χ4n) is 0.419. The van der Waals surface area contributed by atoms with E-state index >= 15 is 0 Å². The SMILES string of the molecule is NC1=NC=NC(N)(Cl)N1. The van der Waals surface area contributed by atoms with E-state index in [0.29, 0.717) is 0 Å². The van der Waals surface area contributed by atoms with Crippen molar-refractivity contribution in [2.75, 3.05) is 0 Å². The van der Waals surface area contributed by atoms with E-state index in [1.165, 1.54) is 6.34 Å². The number of guanidine groups is 1. The van der Waals surface area contributed by atoms with Gasteiger partial charge in [-0.15, -0.1) is 0 Å². The molecule has 1 aliphatic heterocycles. The topological polar surface area (TPSA) is 88.8 Å². The number of aliphatic imine (C=N–C) groups is 2. The number of halogens is 1. The first-order valence-corrected chi connectivity index (χ1v) is 2.61. The number of nitrogens with zero attached hydrogens (tertiary/aromatic N) is 2. The Labute approximate surface area is 56.8 Å². The molecule has 0 amide bonds. The Morgan fingerprint density at radius 2 is 2.44 bits per heavy atom. The monoisotopic (exact) mass is 147 g/mol. The molecule has 50 valence electrons. The molecule has 0 saturated carbocycles. The lowest BCUT2D eigenvalue weighted by atomic mass is 10.7. The molecule has 0 aromatic heterocycles. The molecule has 0 bridgehead atoms. The molecule has 5 N–H and O–H groups in total. The lowest BCUT2D eigenvalue weighted by Crippen LogP contribution is -2.54. The predicted octanol–water partition coefficient (Wildman–Crippen LogP) is -1.26. The molecule has 1 heterocycles. The fourth-order valence-corrected chi connectivity index (χ4v) is 0.560. The van der Waals surface area contributed by atoms with Crippen LogP contribution in [0.4, 0.5) is 0 Å². The van der Waals surface area contributed by atoms with Crippen molar-refractivity contribution in [3.63, 3.8) is 0 Å². The molecule has 0 aromatic carbocycles. The van der Waals surface area contributed by atoms with E-state index in [0.717, 1.165) is 0 Å². The second-order valence-corrected chi connectivity index (χ2v) is 2.13. The molecule has 6 heteroatoms. The Balaban J connectivity index is 2.73. The summed E-state index contributed by atoms with van der Waals surface area (Å²) in [5.74, 6) is 0.169. The highest BCUT2D eigenvalue weighted by Crippen LogP contribution is 2.04. The lowest BCUT2D eigenvalue weighted by molar-refractivity contribution is 0.583. The number of nitrogens with two attached hydrogens (primary N) is 2. The molecule has 0 fully saturated rings. The summed E-state index contributed by atoms with van der Waals surface area (Å²) in [5, 5.41) is 1.11. The predicted molar refractivity (Wildman–Crippen MR) is 36.0 cm³/mol. The largest absolute Gasteiger partial charge is 0.370 e. The van der Waals surface area contributed by atoms with Gasteiger partial charge in [-0.2, -0.15) is 0 Å². The third-order valence-electron chi connectivity index (χ3n) is 0.746. The Bertz CT molecular complexity index is 171. The molecule has 0 saturated heterocycles. The average molecular weight is 148 g/mol. The maximum absolute atomic E-state index is 5.47. The van der Waals surface area contributed by atoms with Crippen molar-refractivity contribution in [2.45, 2.75) is 5.25 Å². The third-order valence-corrected chi connectivity index (χ3v) is 0.938. The average Bonchev–Trinajstić information content (AvgIpc) is 1.60. The van der Waals surface area contributed by atoms with Gasteiger partial charge in [0.1, 0.15) is 6.34 Å². The van der Waals surface area contributed by atoms with Crippen molar-refractivity contribution in [3.05, 3.63) is 0 Å². The van der Waals surface area contributed by atoms with Gasteiger partial charge in [0.25, 0.3) is 5.25 Å². The van der Waals surface area contributed by atoms with Crippen LogP contribution in [0.5, 0.6) is 0 Å². The van der Waals surface area contributed by atoms with Crippen LogP contribution in [0, 0.1) is 0 Å². The van der Waals surface area contributed by atoms with Crippen molar-refractivity contribution in [3.8, 4) is 0 Å². The van der Waals surface area contributed by atoms with Gasteiger partial charge in [-0.1, -0.05) is 11.6 Å². The number of rotatable bonds is 0. The molecule has 0 aliphatic carbocycles. The smallest absolute Gasteiger partial charge is 0.266 e. The van der Waals surface area contributed by atoms with Gasteiger partial charge in [-0.3, -0.25) is 5.73 Å². The van der Waals surface area contributed by atoms with E-state index in [4.69, 9.17) is 23.1 Å². The molecule has 0 spiro atoms. The molecule has 1 aliphatic rings. The summed E-state index contributed by atoms with van der Waals surface area (Å²) in [7, 11) is 0. The quantitative estimate of drug-likeness (QED) is 0.295. The van der Waals surface area contributed by atoms with Gasteiger partial charge in [0.2, 0.25) is 0 Å². The van der Waals surface area contributed by atoms with Crippen LogP contribution < -0.4 is 16.8 Å². The Hall–Kier alpha value is -0.810. The van der Waals surface area contributed by atoms with Gasteiger partial charge in [-0.05, 0) is 0 Å². The molecule has 5 nitrogen and oxygen atoms in total. The van der Waals surface area contributed by atoms with Crippen molar-refractivity contribution in [1.82, 2.24) is 5.32 Å². The first-order chi connectivity index (χ1) is 4.10. The standard InChI is InChI=1S/C3H6ClN5/c4-3(6)8-1-7-2(5)9-3/h1H,6H2,(H3,5,7,8,9). The van der Waals surface area contributed by atoms with E-state index in [1.807, 2.05) is 0 Å². The summed E-state index contributed by atoms with van der Waals surface area (Å²) in [5.41, 5.74) is 10.5. The summed E-state index contributed by atoms with van der Waals surface area (Å²) in [4.78, 5) is 7.10. The molecule has 0 aromatic rings. The van der Waals surface area contributed by atoms with Gasteiger partial charge in [-0.25, -0.2) is 9.98 Å². The number of hydrogen-bond acceptors (Lipinski definition) is 5. The first-order valence-electron chi connectivity index (χ1n) is 2.23. The van der Waals surface area contributed by atoms with Crippen LogP contribution in [-0.4, -0.2) is 17.5 Å². The highest BCUT2D eigenvalue weighted by atomic mass is 35.5. The van der Waals surface area contributed by atoms with Gasteiger partial charge in [0, 0.05) is 0 Å². The van der Waals surface area contributed by atoms with Crippen molar-refractivity contribution in [2.24, 2.45) is 21.5 Å². The Kier molecular flexibility index (Phi) is 1.30. The van der Waals surface area contributed by atoms with Gasteiger partial charge in [0.15, 0.2) is 5.96 Å². The van der Waals surface area contributed by atoms with Crippen LogP contribution in [-0.2, 0) is 0 Å². The van der Waals surface area contributed by atoms with Crippen LogP contribution in [0.15, 0.2) is 9.98 Å². The Morgan fingerprint density at radius 1 is 1.78 bits per heavy atom. The number of nitrogens with one attached hydrogen (secondary N) is 1. The van der Waals surface area contributed by atoms with Crippen molar-refractivity contribution in [1.29, 1.82) is 0 Å². The zero-order valence-electron chi connectivity index (χ0n) is 4.50. The van der Waals surface area contributed by atoms with E-state index in [1.54, 1.807) is 0 Å². The van der Waals surface area contributed by atoms with Crippen molar-refractivity contribution < 1.29 is 0 Å². The van der Waals surface area contributed by atoms with Gasteiger partial charge in [0.05, 0.1) is 0 Å². The van der Waals surface area contributed by atoms with Gasteiger partial charge >= 0.3 is 0 Å². The Morgan fingerprint density at radius 3 is 2.78 bits per heavy atom. The van der Waals surface area contributed by atoms with Crippen LogP contribution in [0.3, 0.4) is 0 Å². The summed E-state index contributed by atoms with van der Waals surface area (Å²) in [6.07, 6.45) is 1.21. The highest BCUT2D eigenvalue weighted by molar-refractivity contribution is 6.24. The van der Waals surface area contributed by atoms with Crippen LogP contribution in [0.25, 0.3) is 0 Å². The van der Waals surface area contributed by atoms with E-state index in [-0.39, 0.29) is 5.96 Å². The van der Waals surface area contributed by atoms with Crippen LogP contribution in [0.1, 0.15) is 0 Å². The van der Waals surface area contributed by atoms with E-state index in [2.05, 4.69) is 15.3 Å². The van der Waals surface area contributed by atoms with Crippen LogP contribution in [0.2, 0.25) is 0 Å². The molecular formula is C3H6ClN5. The second kappa shape index (κ2) is 1.85.